The van der Waals surface area contributed by atoms with E-state index < -0.39 is 44.4 Å². The van der Waals surface area contributed by atoms with Gasteiger partial charge in [0.05, 0.1) is 17.1 Å². The number of aliphatic hydroxyl groups is 1. The van der Waals surface area contributed by atoms with Crippen LogP contribution in [0.3, 0.4) is 0 Å². The van der Waals surface area contributed by atoms with Crippen LogP contribution in [0.15, 0.2) is 51.9 Å². The lowest BCUT2D eigenvalue weighted by Crippen LogP contribution is -2.34. The van der Waals surface area contributed by atoms with Gasteiger partial charge in [-0.3, -0.25) is 15.1 Å². The van der Waals surface area contributed by atoms with Crippen LogP contribution in [0.1, 0.15) is 52.5 Å². The number of sulfonamides is 1. The number of carbonyl (C=O) groups excluding carboxylic acids is 1. The number of aliphatic imine (C=N–C) groups is 1. The van der Waals surface area contributed by atoms with E-state index in [0.29, 0.717) is 17.9 Å². The normalized spacial score (nSPS) is 17.7. The van der Waals surface area contributed by atoms with Gasteiger partial charge in [0.15, 0.2) is 0 Å². The van der Waals surface area contributed by atoms with Gasteiger partial charge in [0.2, 0.25) is 10.0 Å². The molecule has 1 heterocycles. The number of hydrogen-bond acceptors (Lipinski definition) is 9. The highest BCUT2D eigenvalue weighted by Crippen LogP contribution is 2.41. The van der Waals surface area contributed by atoms with E-state index >= 15 is 0 Å². The molecule has 36 heavy (non-hydrogen) atoms. The number of carbonyl (C=O) groups is 1. The molecular weight excluding hydrogens is 490 g/mol. The summed E-state index contributed by atoms with van der Waals surface area (Å²) in [5, 5.41) is 22.4. The fourth-order valence-corrected chi connectivity index (χ4v) is 5.22. The zero-order valence-corrected chi connectivity index (χ0v) is 21.9. The first-order valence-corrected chi connectivity index (χ1v) is 13.2. The third-order valence-corrected chi connectivity index (χ3v) is 6.67. The third kappa shape index (κ3) is 7.70. The highest BCUT2D eigenvalue weighted by molar-refractivity contribution is 7.89. The summed E-state index contributed by atoms with van der Waals surface area (Å²) in [4.78, 5) is 28.4. The van der Waals surface area contributed by atoms with E-state index in [9.17, 15) is 28.4 Å². The standard InChI is InChI=1S/C24H33N3O8S/c1-6-10-34-11-12-35-24(29)22-17(5)25-16(4)21(20(28)14-36(32,33)26-15(2)3)23(22)18-8-7-9-19(13-18)27(30)31/h7-9,13,15,23,26,28H,6,10-12,14H2,1-5H3. The average Bonchev–Trinajstić information content (AvgIpc) is 2.76. The molecule has 12 heteroatoms. The first-order valence-electron chi connectivity index (χ1n) is 11.6. The van der Waals surface area contributed by atoms with Crippen molar-refractivity contribution in [1.82, 2.24) is 4.72 Å². The van der Waals surface area contributed by atoms with Crippen molar-refractivity contribution >= 4 is 27.4 Å². The lowest BCUT2D eigenvalue weighted by atomic mass is 9.79. The van der Waals surface area contributed by atoms with Gasteiger partial charge in [-0.25, -0.2) is 17.9 Å². The van der Waals surface area contributed by atoms with Gasteiger partial charge in [-0.2, -0.15) is 0 Å². The van der Waals surface area contributed by atoms with Crippen molar-refractivity contribution in [2.24, 2.45) is 4.99 Å². The van der Waals surface area contributed by atoms with E-state index in [1.807, 2.05) is 6.92 Å². The first-order chi connectivity index (χ1) is 16.9. The number of rotatable bonds is 12. The number of nitro benzene ring substituents is 1. The van der Waals surface area contributed by atoms with Crippen LogP contribution < -0.4 is 4.72 Å². The number of esters is 1. The van der Waals surface area contributed by atoms with E-state index in [-0.39, 0.29) is 35.8 Å². The number of benzene rings is 1. The fraction of sp³-hybridized carbons (Fsp3) is 0.500. The number of ether oxygens (including phenoxy) is 2. The second-order valence-electron chi connectivity index (χ2n) is 8.62. The van der Waals surface area contributed by atoms with Crippen LogP contribution in [-0.4, -0.2) is 61.7 Å². The van der Waals surface area contributed by atoms with Gasteiger partial charge >= 0.3 is 5.97 Å². The topological polar surface area (TPSA) is 157 Å². The molecule has 0 spiro atoms. The van der Waals surface area contributed by atoms with E-state index in [1.54, 1.807) is 33.8 Å². The molecule has 0 saturated carbocycles. The molecule has 1 atom stereocenters. The number of non-ortho nitro benzene ring substituents is 1. The molecule has 198 valence electrons. The van der Waals surface area contributed by atoms with E-state index in [0.717, 1.165) is 6.42 Å². The molecule has 1 unspecified atom stereocenters. The Hall–Kier alpha value is -3.09. The molecule has 2 rings (SSSR count). The van der Waals surface area contributed by atoms with Crippen molar-refractivity contribution in [3.05, 3.63) is 62.5 Å². The Labute approximate surface area is 211 Å². The largest absolute Gasteiger partial charge is 0.511 e. The summed E-state index contributed by atoms with van der Waals surface area (Å²) in [5.41, 5.74) is 0.783. The molecule has 0 fully saturated rings. The van der Waals surface area contributed by atoms with Gasteiger partial charge < -0.3 is 14.6 Å². The highest BCUT2D eigenvalue weighted by atomic mass is 32.2. The molecule has 0 bridgehead atoms. The predicted octanol–water partition coefficient (Wildman–Crippen LogP) is 3.54. The fourth-order valence-electron chi connectivity index (χ4n) is 3.90. The Morgan fingerprint density at radius 2 is 1.94 bits per heavy atom. The number of nitrogens with zero attached hydrogens (tertiary/aromatic N) is 2. The highest BCUT2D eigenvalue weighted by Gasteiger charge is 2.37. The van der Waals surface area contributed by atoms with Crippen molar-refractivity contribution in [2.75, 3.05) is 25.6 Å². The summed E-state index contributed by atoms with van der Waals surface area (Å²) in [6.45, 7) is 9.06. The lowest BCUT2D eigenvalue weighted by Gasteiger charge is -2.28. The maximum Gasteiger partial charge on any atom is 0.336 e. The molecule has 2 N–H and O–H groups in total. The zero-order valence-electron chi connectivity index (χ0n) is 21.1. The summed E-state index contributed by atoms with van der Waals surface area (Å²) in [6.07, 6.45) is 0.809. The van der Waals surface area contributed by atoms with Crippen LogP contribution in [0, 0.1) is 10.1 Å². The minimum atomic E-state index is -3.92. The predicted molar refractivity (Wildman–Crippen MR) is 135 cm³/mol. The molecule has 1 aliphatic heterocycles. The van der Waals surface area contributed by atoms with Crippen molar-refractivity contribution in [2.45, 2.75) is 53.0 Å². The summed E-state index contributed by atoms with van der Waals surface area (Å²) in [7, 11) is -3.92. The van der Waals surface area contributed by atoms with Crippen LogP contribution >= 0.6 is 0 Å². The van der Waals surface area contributed by atoms with Gasteiger partial charge in [0.1, 0.15) is 18.1 Å². The summed E-state index contributed by atoms with van der Waals surface area (Å²) >= 11 is 0. The zero-order chi connectivity index (χ0) is 27.0. The van der Waals surface area contributed by atoms with Gasteiger partial charge in [0, 0.05) is 47.7 Å². The Balaban J connectivity index is 2.61. The molecule has 1 aromatic carbocycles. The number of nitrogens with one attached hydrogen (secondary N) is 1. The van der Waals surface area contributed by atoms with Crippen molar-refractivity contribution < 1.29 is 32.7 Å². The molecule has 0 aliphatic carbocycles. The molecule has 1 aromatic rings. The van der Waals surface area contributed by atoms with Crippen LogP contribution in [0.25, 0.3) is 0 Å². The van der Waals surface area contributed by atoms with Crippen molar-refractivity contribution in [3.63, 3.8) is 0 Å². The van der Waals surface area contributed by atoms with Crippen LogP contribution in [0.5, 0.6) is 0 Å². The first kappa shape index (κ1) is 29.1. The number of nitro groups is 1. The Morgan fingerprint density at radius 3 is 2.56 bits per heavy atom. The Bertz CT molecular complexity index is 1190. The van der Waals surface area contributed by atoms with E-state index in [2.05, 4.69) is 9.71 Å². The van der Waals surface area contributed by atoms with Gasteiger partial charge in [0.25, 0.3) is 5.69 Å². The minimum absolute atomic E-state index is 0.0301. The average molecular weight is 524 g/mol. The van der Waals surface area contributed by atoms with Crippen molar-refractivity contribution in [1.29, 1.82) is 0 Å². The quantitative estimate of drug-likeness (QED) is 0.138. The summed E-state index contributed by atoms with van der Waals surface area (Å²) in [6, 6.07) is 5.20. The summed E-state index contributed by atoms with van der Waals surface area (Å²) in [5.74, 6) is -3.06. The monoisotopic (exact) mass is 523 g/mol. The molecule has 0 aromatic heterocycles. The number of allylic oxidation sites excluding steroid dienone is 2. The third-order valence-electron chi connectivity index (χ3n) is 5.19. The SMILES string of the molecule is CCCOCCOC(=O)C1=C(C)N=C(C)C(=C(O)CS(=O)(=O)NC(C)C)C1c1cccc([N+](=O)[O-])c1. The second-order valence-corrected chi connectivity index (χ2v) is 10.4. The van der Waals surface area contributed by atoms with Crippen LogP contribution in [0.2, 0.25) is 0 Å². The van der Waals surface area contributed by atoms with Gasteiger partial charge in [-0.05, 0) is 39.7 Å². The second kappa shape index (κ2) is 12.7. The van der Waals surface area contributed by atoms with Gasteiger partial charge in [-0.1, -0.05) is 19.1 Å². The smallest absolute Gasteiger partial charge is 0.336 e. The molecular formula is C24H33N3O8S. The Morgan fingerprint density at radius 1 is 1.25 bits per heavy atom. The number of aliphatic hydroxyl groups excluding tert-OH is 1. The van der Waals surface area contributed by atoms with Crippen LogP contribution in [0.4, 0.5) is 5.69 Å². The van der Waals surface area contributed by atoms with E-state index in [4.69, 9.17) is 9.47 Å². The molecule has 0 radical (unpaired) electrons. The van der Waals surface area contributed by atoms with Gasteiger partial charge in [-0.15, -0.1) is 0 Å². The molecule has 1 aliphatic rings. The van der Waals surface area contributed by atoms with Crippen molar-refractivity contribution in [3.8, 4) is 0 Å². The summed E-state index contributed by atoms with van der Waals surface area (Å²) < 4.78 is 38.2. The maximum atomic E-state index is 13.2. The molecule has 0 saturated heterocycles. The van der Waals surface area contributed by atoms with E-state index in [1.165, 1.54) is 18.2 Å². The molecule has 0 amide bonds. The Kier molecular flexibility index (Phi) is 10.3. The minimum Gasteiger partial charge on any atom is -0.511 e. The maximum absolute atomic E-state index is 13.2. The number of hydrogen-bond donors (Lipinski definition) is 2. The van der Waals surface area contributed by atoms with Crippen LogP contribution in [-0.2, 0) is 24.3 Å². The lowest BCUT2D eigenvalue weighted by molar-refractivity contribution is -0.384. The molecule has 11 nitrogen and oxygen atoms in total.